The van der Waals surface area contributed by atoms with Crippen molar-refractivity contribution in [3.8, 4) is 0 Å². The number of hydrogen-bond donors (Lipinski definition) is 0. The number of piperidine rings is 1. The van der Waals surface area contributed by atoms with E-state index in [0.717, 1.165) is 56.0 Å². The number of fused-ring (bicyclic) bond motifs is 1. The number of rotatable bonds is 5. The van der Waals surface area contributed by atoms with Crippen LogP contribution >= 0.6 is 22.7 Å². The van der Waals surface area contributed by atoms with E-state index < -0.39 is 0 Å². The van der Waals surface area contributed by atoms with Crippen LogP contribution in [0.1, 0.15) is 41.7 Å². The van der Waals surface area contributed by atoms with Gasteiger partial charge in [0.25, 0.3) is 0 Å². The number of carbonyl (C=O) groups excluding carboxylic acids is 1. The zero-order chi connectivity index (χ0) is 20.0. The highest BCUT2D eigenvalue weighted by Gasteiger charge is 2.37. The molecule has 1 aliphatic carbocycles. The van der Waals surface area contributed by atoms with Crippen molar-refractivity contribution in [3.63, 3.8) is 0 Å². The molecule has 2 fully saturated rings. The van der Waals surface area contributed by atoms with Crippen LogP contribution in [0, 0.1) is 19.8 Å². The molecule has 1 aliphatic heterocycles. The standard InChI is InChI=1S/C22H26N4OS2/c1-14-15(2)29-21-19(14)20(23-13-24-21)25-8-5-17(6-9-25)22(27)26(18-3-4-18)11-16-7-10-28-12-16/h7,10,12-13,17-18H,3-6,8-9,11H2,1-2H3. The summed E-state index contributed by atoms with van der Waals surface area (Å²) in [5.74, 6) is 1.53. The van der Waals surface area contributed by atoms with Crippen molar-refractivity contribution in [1.29, 1.82) is 0 Å². The monoisotopic (exact) mass is 426 g/mol. The third-order valence-electron chi connectivity index (χ3n) is 6.29. The molecule has 5 nitrogen and oxygen atoms in total. The summed E-state index contributed by atoms with van der Waals surface area (Å²) < 4.78 is 0. The van der Waals surface area contributed by atoms with E-state index in [9.17, 15) is 4.79 Å². The van der Waals surface area contributed by atoms with Crippen LogP contribution in [0.15, 0.2) is 23.2 Å². The van der Waals surface area contributed by atoms with E-state index in [0.29, 0.717) is 11.9 Å². The number of aromatic nitrogens is 2. The largest absolute Gasteiger partial charge is 0.356 e. The smallest absolute Gasteiger partial charge is 0.226 e. The summed E-state index contributed by atoms with van der Waals surface area (Å²) in [5, 5.41) is 5.45. The second kappa shape index (κ2) is 7.69. The average molecular weight is 427 g/mol. The lowest BCUT2D eigenvalue weighted by atomic mass is 9.94. The molecule has 3 aromatic rings. The van der Waals surface area contributed by atoms with Gasteiger partial charge in [-0.25, -0.2) is 9.97 Å². The molecule has 0 N–H and O–H groups in total. The van der Waals surface area contributed by atoms with E-state index in [2.05, 4.69) is 50.4 Å². The zero-order valence-corrected chi connectivity index (χ0v) is 18.6. The molecule has 29 heavy (non-hydrogen) atoms. The summed E-state index contributed by atoms with van der Waals surface area (Å²) in [4.78, 5) is 29.3. The maximum Gasteiger partial charge on any atom is 0.226 e. The summed E-state index contributed by atoms with van der Waals surface area (Å²) in [5.41, 5.74) is 2.55. The number of anilines is 1. The van der Waals surface area contributed by atoms with E-state index in [1.807, 2.05) is 0 Å². The molecule has 152 valence electrons. The second-order valence-corrected chi connectivity index (χ2v) is 10.2. The molecular formula is C22H26N4OS2. The summed E-state index contributed by atoms with van der Waals surface area (Å²) in [7, 11) is 0. The Kier molecular flexibility index (Phi) is 5.04. The molecule has 1 amide bonds. The van der Waals surface area contributed by atoms with Gasteiger partial charge < -0.3 is 9.80 Å². The fourth-order valence-electron chi connectivity index (χ4n) is 4.33. The lowest BCUT2D eigenvalue weighted by Gasteiger charge is -2.35. The van der Waals surface area contributed by atoms with E-state index in [1.54, 1.807) is 29.0 Å². The SMILES string of the molecule is Cc1sc2ncnc(N3CCC(C(=O)N(Cc4ccsc4)C4CC4)CC3)c2c1C. The van der Waals surface area contributed by atoms with Crippen LogP contribution in [0.5, 0.6) is 0 Å². The first kappa shape index (κ1) is 19.0. The predicted molar refractivity (Wildman–Crippen MR) is 120 cm³/mol. The van der Waals surface area contributed by atoms with E-state index >= 15 is 0 Å². The van der Waals surface area contributed by atoms with Crippen molar-refractivity contribution in [1.82, 2.24) is 14.9 Å². The molecule has 0 unspecified atom stereocenters. The molecule has 4 heterocycles. The Balaban J connectivity index is 1.29. The van der Waals surface area contributed by atoms with Gasteiger partial charge in [-0.05, 0) is 67.5 Å². The van der Waals surface area contributed by atoms with Gasteiger partial charge in [-0.15, -0.1) is 11.3 Å². The first-order valence-corrected chi connectivity index (χ1v) is 12.1. The number of aryl methyl sites for hydroxylation is 2. The van der Waals surface area contributed by atoms with Gasteiger partial charge in [-0.3, -0.25) is 4.79 Å². The summed E-state index contributed by atoms with van der Waals surface area (Å²) in [6.07, 6.45) is 5.80. The normalized spacial score (nSPS) is 17.8. The Labute approximate surface area is 179 Å². The lowest BCUT2D eigenvalue weighted by molar-refractivity contribution is -0.137. The molecule has 7 heteroatoms. The molecule has 0 atom stereocenters. The Morgan fingerprint density at radius 3 is 2.69 bits per heavy atom. The van der Waals surface area contributed by atoms with Crippen LogP contribution in [-0.4, -0.2) is 39.9 Å². The number of amides is 1. The average Bonchev–Trinajstić information content (AvgIpc) is 3.37. The van der Waals surface area contributed by atoms with Crippen LogP contribution in [0.25, 0.3) is 10.2 Å². The van der Waals surface area contributed by atoms with Crippen LogP contribution in [0.4, 0.5) is 5.82 Å². The first-order chi connectivity index (χ1) is 14.1. The molecular weight excluding hydrogens is 400 g/mol. The van der Waals surface area contributed by atoms with Crippen molar-refractivity contribution < 1.29 is 4.79 Å². The van der Waals surface area contributed by atoms with Gasteiger partial charge >= 0.3 is 0 Å². The first-order valence-electron chi connectivity index (χ1n) is 10.4. The number of hydrogen-bond acceptors (Lipinski definition) is 6. The van der Waals surface area contributed by atoms with Gasteiger partial charge in [-0.2, -0.15) is 11.3 Å². The number of nitrogens with zero attached hydrogens (tertiary/aromatic N) is 4. The molecule has 0 bridgehead atoms. The lowest BCUT2D eigenvalue weighted by Crippen LogP contribution is -2.43. The Morgan fingerprint density at radius 2 is 2.00 bits per heavy atom. The molecule has 1 saturated heterocycles. The maximum atomic E-state index is 13.3. The predicted octanol–water partition coefficient (Wildman–Crippen LogP) is 4.78. The third-order valence-corrected chi connectivity index (χ3v) is 8.14. The molecule has 0 radical (unpaired) electrons. The van der Waals surface area contributed by atoms with Gasteiger partial charge in [0.1, 0.15) is 17.0 Å². The minimum absolute atomic E-state index is 0.133. The number of thiophene rings is 2. The summed E-state index contributed by atoms with van der Waals surface area (Å²) >= 11 is 3.45. The van der Waals surface area contributed by atoms with Crippen molar-refractivity contribution in [2.75, 3.05) is 18.0 Å². The van der Waals surface area contributed by atoms with Crippen molar-refractivity contribution in [3.05, 3.63) is 39.2 Å². The highest BCUT2D eigenvalue weighted by Crippen LogP contribution is 2.37. The molecule has 3 aromatic heterocycles. The minimum Gasteiger partial charge on any atom is -0.356 e. The van der Waals surface area contributed by atoms with E-state index in [-0.39, 0.29) is 5.92 Å². The fraction of sp³-hybridized carbons (Fsp3) is 0.500. The quantitative estimate of drug-likeness (QED) is 0.589. The van der Waals surface area contributed by atoms with Gasteiger partial charge in [-0.1, -0.05) is 0 Å². The van der Waals surface area contributed by atoms with Gasteiger partial charge in [0.05, 0.1) is 5.39 Å². The summed E-state index contributed by atoms with van der Waals surface area (Å²) in [6, 6.07) is 2.60. The number of carbonyl (C=O) groups is 1. The molecule has 5 rings (SSSR count). The Hall–Kier alpha value is -1.99. The Morgan fingerprint density at radius 1 is 1.21 bits per heavy atom. The molecule has 0 spiro atoms. The second-order valence-electron chi connectivity index (χ2n) is 8.25. The third kappa shape index (κ3) is 3.66. The van der Waals surface area contributed by atoms with Crippen molar-refractivity contribution in [2.45, 2.75) is 52.1 Å². The van der Waals surface area contributed by atoms with Crippen molar-refractivity contribution in [2.24, 2.45) is 5.92 Å². The van der Waals surface area contributed by atoms with Gasteiger partial charge in [0, 0.05) is 36.5 Å². The van der Waals surface area contributed by atoms with Gasteiger partial charge in [0.15, 0.2) is 0 Å². The molecule has 1 saturated carbocycles. The minimum atomic E-state index is 0.133. The highest BCUT2D eigenvalue weighted by atomic mass is 32.1. The van der Waals surface area contributed by atoms with E-state index in [1.165, 1.54) is 21.4 Å². The van der Waals surface area contributed by atoms with Crippen LogP contribution in [0.3, 0.4) is 0 Å². The molecule has 2 aliphatic rings. The van der Waals surface area contributed by atoms with Crippen LogP contribution in [-0.2, 0) is 11.3 Å². The maximum absolute atomic E-state index is 13.3. The van der Waals surface area contributed by atoms with Crippen molar-refractivity contribution >= 4 is 44.6 Å². The van der Waals surface area contributed by atoms with E-state index in [4.69, 9.17) is 0 Å². The summed E-state index contributed by atoms with van der Waals surface area (Å²) in [6.45, 7) is 6.85. The zero-order valence-electron chi connectivity index (χ0n) is 16.9. The topological polar surface area (TPSA) is 49.3 Å². The fourth-order valence-corrected chi connectivity index (χ4v) is 5.98. The highest BCUT2D eigenvalue weighted by molar-refractivity contribution is 7.18. The van der Waals surface area contributed by atoms with Gasteiger partial charge in [0.2, 0.25) is 5.91 Å². The van der Waals surface area contributed by atoms with Crippen LogP contribution < -0.4 is 4.90 Å². The Bertz CT molecular complexity index is 1020. The van der Waals surface area contributed by atoms with Crippen LogP contribution in [0.2, 0.25) is 0 Å². The molecule has 0 aromatic carbocycles.